The highest BCUT2D eigenvalue weighted by molar-refractivity contribution is 5.85. The van der Waals surface area contributed by atoms with Gasteiger partial charge in [0.25, 0.3) is 0 Å². The quantitative estimate of drug-likeness (QED) is 0.860. The number of rotatable bonds is 2. The van der Waals surface area contributed by atoms with Gasteiger partial charge in [-0.25, -0.2) is 4.39 Å². The largest absolute Gasteiger partial charge is 0.391 e. The van der Waals surface area contributed by atoms with Crippen LogP contribution in [-0.4, -0.2) is 11.2 Å². The van der Waals surface area contributed by atoms with Crippen molar-refractivity contribution in [2.24, 2.45) is 11.1 Å². The topological polar surface area (TPSA) is 46.2 Å². The van der Waals surface area contributed by atoms with E-state index in [0.29, 0.717) is 5.56 Å². The van der Waals surface area contributed by atoms with E-state index in [-0.39, 0.29) is 23.6 Å². The number of hydrogen-bond donors (Lipinski definition) is 2. The number of aliphatic hydroxyl groups excluding tert-OH is 1. The van der Waals surface area contributed by atoms with Crippen molar-refractivity contribution in [2.75, 3.05) is 0 Å². The summed E-state index contributed by atoms with van der Waals surface area (Å²) in [5, 5.41) is 10.0. The van der Waals surface area contributed by atoms with E-state index in [0.717, 1.165) is 5.56 Å². The molecule has 0 bridgehead atoms. The summed E-state index contributed by atoms with van der Waals surface area (Å²) in [5.74, 6) is -0.249. The summed E-state index contributed by atoms with van der Waals surface area (Å²) in [6.07, 6.45) is -0.655. The van der Waals surface area contributed by atoms with Crippen molar-refractivity contribution in [2.45, 2.75) is 39.8 Å². The third-order valence-corrected chi connectivity index (χ3v) is 2.79. The summed E-state index contributed by atoms with van der Waals surface area (Å²) in [4.78, 5) is 0. The van der Waals surface area contributed by atoms with Gasteiger partial charge in [-0.2, -0.15) is 0 Å². The van der Waals surface area contributed by atoms with E-state index < -0.39 is 12.1 Å². The maximum Gasteiger partial charge on any atom is 0.126 e. The summed E-state index contributed by atoms with van der Waals surface area (Å²) >= 11 is 0. The molecule has 0 amide bonds. The minimum Gasteiger partial charge on any atom is -0.391 e. The van der Waals surface area contributed by atoms with Crippen LogP contribution in [0.3, 0.4) is 0 Å². The molecule has 0 saturated heterocycles. The van der Waals surface area contributed by atoms with Gasteiger partial charge in [0.1, 0.15) is 5.82 Å². The van der Waals surface area contributed by atoms with Crippen molar-refractivity contribution in [3.63, 3.8) is 0 Å². The fourth-order valence-corrected chi connectivity index (χ4v) is 1.60. The second-order valence-electron chi connectivity index (χ2n) is 5.35. The van der Waals surface area contributed by atoms with Crippen molar-refractivity contribution < 1.29 is 9.50 Å². The lowest BCUT2D eigenvalue weighted by molar-refractivity contribution is 0.0401. The highest BCUT2D eigenvalue weighted by Gasteiger charge is 2.29. The molecular formula is C13H21ClFNO. The predicted octanol–water partition coefficient (Wildman–Crippen LogP) is 2.96. The summed E-state index contributed by atoms with van der Waals surface area (Å²) in [5.41, 5.74) is 7.00. The maximum atomic E-state index is 13.1. The second kappa shape index (κ2) is 5.80. The van der Waals surface area contributed by atoms with Crippen LogP contribution in [-0.2, 0) is 0 Å². The minimum absolute atomic E-state index is 0. The number of aryl methyl sites for hydroxylation is 1. The Morgan fingerprint density at radius 2 is 1.82 bits per heavy atom. The Morgan fingerprint density at radius 1 is 1.29 bits per heavy atom. The van der Waals surface area contributed by atoms with Crippen LogP contribution in [0.1, 0.15) is 37.9 Å². The van der Waals surface area contributed by atoms with Gasteiger partial charge in [0, 0.05) is 0 Å². The van der Waals surface area contributed by atoms with Crippen LogP contribution in [0.25, 0.3) is 0 Å². The predicted molar refractivity (Wildman–Crippen MR) is 70.8 cm³/mol. The van der Waals surface area contributed by atoms with Crippen LogP contribution in [0.15, 0.2) is 18.2 Å². The van der Waals surface area contributed by atoms with Crippen LogP contribution >= 0.6 is 12.4 Å². The molecule has 1 aromatic carbocycles. The van der Waals surface area contributed by atoms with Gasteiger partial charge in [0.2, 0.25) is 0 Å². The molecule has 0 heterocycles. The van der Waals surface area contributed by atoms with Crippen molar-refractivity contribution in [1.29, 1.82) is 0 Å². The average Bonchev–Trinajstić information content (AvgIpc) is 2.18. The summed E-state index contributed by atoms with van der Waals surface area (Å²) < 4.78 is 13.1. The monoisotopic (exact) mass is 261 g/mol. The van der Waals surface area contributed by atoms with E-state index in [1.807, 2.05) is 20.8 Å². The van der Waals surface area contributed by atoms with Crippen molar-refractivity contribution in [3.8, 4) is 0 Å². The average molecular weight is 262 g/mol. The third kappa shape index (κ3) is 3.95. The number of nitrogens with two attached hydrogens (primary N) is 1. The van der Waals surface area contributed by atoms with Crippen molar-refractivity contribution in [3.05, 3.63) is 35.1 Å². The second-order valence-corrected chi connectivity index (χ2v) is 5.35. The highest BCUT2D eigenvalue weighted by atomic mass is 35.5. The third-order valence-electron chi connectivity index (χ3n) is 2.79. The normalized spacial score (nSPS) is 15.0. The van der Waals surface area contributed by atoms with Gasteiger partial charge >= 0.3 is 0 Å². The molecule has 0 aliphatic rings. The van der Waals surface area contributed by atoms with Gasteiger partial charge < -0.3 is 10.8 Å². The first kappa shape index (κ1) is 16.4. The fraction of sp³-hybridized carbons (Fsp3) is 0.538. The van der Waals surface area contributed by atoms with Crippen LogP contribution in [0.2, 0.25) is 0 Å². The Balaban J connectivity index is 0.00000256. The number of hydrogen-bond acceptors (Lipinski definition) is 2. The standard InChI is InChI=1S/C13H20FNO.ClH/c1-8-7-9(5-6-10(8)14)11(15)12(16)13(2,3)4;/h5-7,11-12,16H,15H2,1-4H3;1H/t11-,12-;/m0./s1. The zero-order chi connectivity index (χ0) is 12.5. The summed E-state index contributed by atoms with van der Waals surface area (Å²) in [6.45, 7) is 7.46. The lowest BCUT2D eigenvalue weighted by atomic mass is 9.82. The molecule has 0 aliphatic heterocycles. The molecule has 98 valence electrons. The molecule has 0 unspecified atom stereocenters. The summed E-state index contributed by atoms with van der Waals surface area (Å²) in [6, 6.07) is 4.22. The first-order valence-electron chi connectivity index (χ1n) is 5.43. The van der Waals surface area contributed by atoms with Gasteiger partial charge in [-0.05, 0) is 29.5 Å². The van der Waals surface area contributed by atoms with Gasteiger partial charge in [-0.1, -0.05) is 32.9 Å². The zero-order valence-electron chi connectivity index (χ0n) is 10.7. The van der Waals surface area contributed by atoms with E-state index in [4.69, 9.17) is 5.73 Å². The van der Waals surface area contributed by atoms with E-state index in [1.54, 1.807) is 19.1 Å². The molecule has 17 heavy (non-hydrogen) atoms. The molecule has 0 aliphatic carbocycles. The Bertz CT molecular complexity index is 376. The highest BCUT2D eigenvalue weighted by Crippen LogP contribution is 2.29. The van der Waals surface area contributed by atoms with Crippen LogP contribution in [0.4, 0.5) is 4.39 Å². The van der Waals surface area contributed by atoms with Gasteiger partial charge in [-0.15, -0.1) is 12.4 Å². The van der Waals surface area contributed by atoms with E-state index >= 15 is 0 Å². The molecular weight excluding hydrogens is 241 g/mol. The van der Waals surface area contributed by atoms with Crippen LogP contribution in [0.5, 0.6) is 0 Å². The zero-order valence-corrected chi connectivity index (χ0v) is 11.5. The first-order chi connectivity index (χ1) is 7.23. The smallest absolute Gasteiger partial charge is 0.126 e. The molecule has 0 fully saturated rings. The molecule has 1 rings (SSSR count). The van der Waals surface area contributed by atoms with E-state index in [9.17, 15) is 9.50 Å². The fourth-order valence-electron chi connectivity index (χ4n) is 1.60. The van der Waals surface area contributed by atoms with Crippen molar-refractivity contribution in [1.82, 2.24) is 0 Å². The molecule has 3 N–H and O–H groups in total. The minimum atomic E-state index is -0.655. The Labute approximate surface area is 108 Å². The lowest BCUT2D eigenvalue weighted by Gasteiger charge is -2.31. The van der Waals surface area contributed by atoms with E-state index in [2.05, 4.69) is 0 Å². The maximum absolute atomic E-state index is 13.1. The molecule has 0 radical (unpaired) electrons. The molecule has 4 heteroatoms. The molecule has 0 spiro atoms. The van der Waals surface area contributed by atoms with Gasteiger partial charge in [-0.3, -0.25) is 0 Å². The number of benzene rings is 1. The Kier molecular flexibility index (Phi) is 5.59. The Morgan fingerprint density at radius 3 is 2.24 bits per heavy atom. The Hall–Kier alpha value is -0.640. The molecule has 0 aromatic heterocycles. The SMILES string of the molecule is Cc1cc([C@H](N)[C@H](O)C(C)(C)C)ccc1F.Cl. The lowest BCUT2D eigenvalue weighted by Crippen LogP contribution is -2.37. The molecule has 1 aromatic rings. The van der Waals surface area contributed by atoms with E-state index in [1.165, 1.54) is 6.07 Å². The molecule has 0 saturated carbocycles. The van der Waals surface area contributed by atoms with Gasteiger partial charge in [0.15, 0.2) is 0 Å². The first-order valence-corrected chi connectivity index (χ1v) is 5.43. The molecule has 2 nitrogen and oxygen atoms in total. The van der Waals surface area contributed by atoms with Gasteiger partial charge in [0.05, 0.1) is 12.1 Å². The number of halogens is 2. The van der Waals surface area contributed by atoms with Crippen LogP contribution in [0, 0.1) is 18.2 Å². The van der Waals surface area contributed by atoms with Crippen LogP contribution < -0.4 is 5.73 Å². The number of aliphatic hydroxyl groups is 1. The summed E-state index contributed by atoms with van der Waals surface area (Å²) in [7, 11) is 0. The van der Waals surface area contributed by atoms with Crippen molar-refractivity contribution >= 4 is 12.4 Å². The molecule has 2 atom stereocenters.